The molecule has 1 rings (SSSR count). The monoisotopic (exact) mass is 333 g/mol. The van der Waals surface area contributed by atoms with E-state index in [1.807, 2.05) is 13.8 Å². The van der Waals surface area contributed by atoms with Gasteiger partial charge in [-0.2, -0.15) is 0 Å². The third-order valence-corrected chi connectivity index (χ3v) is 2.66. The minimum absolute atomic E-state index is 0.0352. The Bertz CT molecular complexity index is 505. The third-order valence-electron chi connectivity index (χ3n) is 2.66. The molecule has 3 N–H and O–H groups in total. The average Bonchev–Trinajstić information content (AvgIpc) is 2.43. The number of rotatable bonds is 8. The number of guanidine groups is 1. The van der Waals surface area contributed by atoms with Crippen LogP contribution in [0.15, 0.2) is 29.3 Å². The molecule has 0 spiro atoms. The number of alkyl halides is 3. The summed E-state index contributed by atoms with van der Waals surface area (Å²) in [6.45, 7) is 5.02. The number of nitrogens with zero attached hydrogens (tertiary/aromatic N) is 1. The maximum absolute atomic E-state index is 12.3. The van der Waals surface area contributed by atoms with Crippen LogP contribution >= 0.6 is 0 Å². The van der Waals surface area contributed by atoms with E-state index in [1.165, 1.54) is 18.2 Å². The zero-order chi connectivity index (χ0) is 17.3. The molecule has 0 saturated carbocycles. The number of halogens is 3. The lowest BCUT2D eigenvalue weighted by Gasteiger charge is -2.14. The molecular weight excluding hydrogens is 311 g/mol. The second kappa shape index (κ2) is 9.24. The third kappa shape index (κ3) is 8.92. The Labute approximate surface area is 133 Å². The maximum Gasteiger partial charge on any atom is 0.573 e. The van der Waals surface area contributed by atoms with E-state index in [1.54, 1.807) is 6.07 Å². The van der Waals surface area contributed by atoms with Crippen molar-refractivity contribution in [2.24, 2.45) is 10.7 Å². The van der Waals surface area contributed by atoms with Gasteiger partial charge in [0.15, 0.2) is 11.7 Å². The van der Waals surface area contributed by atoms with Crippen molar-refractivity contribution >= 4 is 11.6 Å². The van der Waals surface area contributed by atoms with E-state index in [9.17, 15) is 13.2 Å². The minimum atomic E-state index is -4.76. The number of hydrogen-bond donors (Lipinski definition) is 2. The average molecular weight is 333 g/mol. The van der Waals surface area contributed by atoms with Crippen LogP contribution < -0.4 is 15.8 Å². The highest BCUT2D eigenvalue weighted by Gasteiger charge is 2.32. The number of nitrogens with two attached hydrogens (primary N) is 1. The Balaban J connectivity index is 2.47. The molecule has 0 saturated heterocycles. The van der Waals surface area contributed by atoms with Gasteiger partial charge in [0.05, 0.1) is 11.8 Å². The number of para-hydroxylation sites is 2. The molecule has 0 fully saturated rings. The second-order valence-corrected chi connectivity index (χ2v) is 5.06. The van der Waals surface area contributed by atoms with E-state index in [4.69, 9.17) is 10.5 Å². The van der Waals surface area contributed by atoms with Crippen molar-refractivity contribution in [3.63, 3.8) is 0 Å². The van der Waals surface area contributed by atoms with Gasteiger partial charge in [0.2, 0.25) is 0 Å². The topological polar surface area (TPSA) is 68.9 Å². The van der Waals surface area contributed by atoms with Gasteiger partial charge in [0.1, 0.15) is 0 Å². The Morgan fingerprint density at radius 1 is 1.26 bits per heavy atom. The first-order valence-corrected chi connectivity index (χ1v) is 7.31. The number of anilines is 1. The SMILES string of the molecule is CC(C)OCCCCN=C(N)Nc1ccccc1OC(F)(F)F. The van der Waals surface area contributed by atoms with Gasteiger partial charge in [0, 0.05) is 13.2 Å². The Morgan fingerprint density at radius 3 is 2.61 bits per heavy atom. The van der Waals surface area contributed by atoms with Crippen LogP contribution in [0, 0.1) is 0 Å². The van der Waals surface area contributed by atoms with Gasteiger partial charge in [-0.3, -0.25) is 4.99 Å². The summed E-state index contributed by atoms with van der Waals surface area (Å²) in [6, 6.07) is 5.64. The lowest BCUT2D eigenvalue weighted by molar-refractivity contribution is -0.274. The number of hydrogen-bond acceptors (Lipinski definition) is 3. The Hall–Kier alpha value is -1.96. The molecule has 0 aromatic heterocycles. The minimum Gasteiger partial charge on any atom is -0.404 e. The molecular formula is C15H22F3N3O2. The lowest BCUT2D eigenvalue weighted by atomic mass is 10.3. The summed E-state index contributed by atoms with van der Waals surface area (Å²) in [4.78, 5) is 4.06. The molecule has 0 aliphatic carbocycles. The molecule has 23 heavy (non-hydrogen) atoms. The van der Waals surface area contributed by atoms with Crippen LogP contribution in [0.3, 0.4) is 0 Å². The summed E-state index contributed by atoms with van der Waals surface area (Å²) >= 11 is 0. The van der Waals surface area contributed by atoms with Crippen molar-refractivity contribution in [2.45, 2.75) is 39.2 Å². The Morgan fingerprint density at radius 2 is 1.96 bits per heavy atom. The summed E-state index contributed by atoms with van der Waals surface area (Å²) in [7, 11) is 0. The van der Waals surface area contributed by atoms with Crippen molar-refractivity contribution in [1.29, 1.82) is 0 Å². The van der Waals surface area contributed by atoms with Gasteiger partial charge < -0.3 is 20.5 Å². The lowest BCUT2D eigenvalue weighted by Crippen LogP contribution is -2.24. The van der Waals surface area contributed by atoms with Crippen LogP contribution in [-0.4, -0.2) is 31.6 Å². The summed E-state index contributed by atoms with van der Waals surface area (Å²) in [6.07, 6.45) is -2.96. The number of ether oxygens (including phenoxy) is 2. The fourth-order valence-electron chi connectivity index (χ4n) is 1.69. The predicted molar refractivity (Wildman–Crippen MR) is 83.6 cm³/mol. The van der Waals surface area contributed by atoms with Gasteiger partial charge in [-0.25, -0.2) is 0 Å². The van der Waals surface area contributed by atoms with E-state index in [0.717, 1.165) is 12.8 Å². The second-order valence-electron chi connectivity index (χ2n) is 5.06. The van der Waals surface area contributed by atoms with Crippen molar-refractivity contribution in [2.75, 3.05) is 18.5 Å². The van der Waals surface area contributed by atoms with Gasteiger partial charge in [0.25, 0.3) is 0 Å². The first-order valence-electron chi connectivity index (χ1n) is 7.31. The zero-order valence-electron chi connectivity index (χ0n) is 13.2. The first kappa shape index (κ1) is 19.1. The molecule has 1 aromatic carbocycles. The first-order chi connectivity index (χ1) is 10.8. The standard InChI is InChI=1S/C15H22F3N3O2/c1-11(2)22-10-6-5-9-20-14(19)21-12-7-3-4-8-13(12)23-15(16,17)18/h3-4,7-8,11H,5-6,9-10H2,1-2H3,(H3,19,20,21). The number of benzene rings is 1. The van der Waals surface area contributed by atoms with Gasteiger partial charge in [-0.15, -0.1) is 13.2 Å². The van der Waals surface area contributed by atoms with Crippen molar-refractivity contribution in [3.05, 3.63) is 24.3 Å². The van der Waals surface area contributed by atoms with Crippen LogP contribution in [0.2, 0.25) is 0 Å². The highest BCUT2D eigenvalue weighted by molar-refractivity contribution is 5.93. The molecule has 8 heteroatoms. The van der Waals surface area contributed by atoms with Crippen LogP contribution in [0.25, 0.3) is 0 Å². The highest BCUT2D eigenvalue weighted by Crippen LogP contribution is 2.29. The van der Waals surface area contributed by atoms with E-state index in [0.29, 0.717) is 13.2 Å². The molecule has 0 aliphatic heterocycles. The van der Waals surface area contributed by atoms with Gasteiger partial charge >= 0.3 is 6.36 Å². The van der Waals surface area contributed by atoms with Crippen LogP contribution in [0.5, 0.6) is 5.75 Å². The summed E-state index contributed by atoms with van der Waals surface area (Å²) in [5.74, 6) is -0.323. The molecule has 0 radical (unpaired) electrons. The van der Waals surface area contributed by atoms with E-state index >= 15 is 0 Å². The summed E-state index contributed by atoms with van der Waals surface area (Å²) in [5, 5.41) is 2.61. The fourth-order valence-corrected chi connectivity index (χ4v) is 1.69. The Kier molecular flexibility index (Phi) is 7.67. The molecule has 0 amide bonds. The molecule has 0 aliphatic rings. The van der Waals surface area contributed by atoms with Crippen LogP contribution in [0.4, 0.5) is 18.9 Å². The van der Waals surface area contributed by atoms with Gasteiger partial charge in [-0.05, 0) is 38.8 Å². The number of unbranched alkanes of at least 4 members (excludes halogenated alkanes) is 1. The molecule has 0 unspecified atom stereocenters. The van der Waals surface area contributed by atoms with E-state index < -0.39 is 6.36 Å². The number of nitrogens with one attached hydrogen (secondary N) is 1. The van der Waals surface area contributed by atoms with Crippen molar-refractivity contribution in [1.82, 2.24) is 0 Å². The van der Waals surface area contributed by atoms with Crippen LogP contribution in [-0.2, 0) is 4.74 Å². The van der Waals surface area contributed by atoms with Crippen molar-refractivity contribution < 1.29 is 22.6 Å². The summed E-state index contributed by atoms with van der Waals surface area (Å²) in [5.41, 5.74) is 5.78. The van der Waals surface area contributed by atoms with E-state index in [-0.39, 0.29) is 23.5 Å². The van der Waals surface area contributed by atoms with Crippen molar-refractivity contribution in [3.8, 4) is 5.75 Å². The normalized spacial score (nSPS) is 12.5. The number of aliphatic imine (C=N–C) groups is 1. The highest BCUT2D eigenvalue weighted by atomic mass is 19.4. The molecule has 130 valence electrons. The quantitative estimate of drug-likeness (QED) is 0.434. The van der Waals surface area contributed by atoms with E-state index in [2.05, 4.69) is 15.0 Å². The predicted octanol–water partition coefficient (Wildman–Crippen LogP) is 3.52. The zero-order valence-corrected chi connectivity index (χ0v) is 13.2. The maximum atomic E-state index is 12.3. The summed E-state index contributed by atoms with van der Waals surface area (Å²) < 4.78 is 46.3. The molecule has 0 atom stereocenters. The fraction of sp³-hybridized carbons (Fsp3) is 0.533. The molecule has 1 aromatic rings. The largest absolute Gasteiger partial charge is 0.573 e. The van der Waals surface area contributed by atoms with Gasteiger partial charge in [-0.1, -0.05) is 12.1 Å². The molecule has 5 nitrogen and oxygen atoms in total. The van der Waals surface area contributed by atoms with Crippen LogP contribution in [0.1, 0.15) is 26.7 Å². The molecule has 0 bridgehead atoms. The smallest absolute Gasteiger partial charge is 0.404 e. The molecule has 0 heterocycles.